The third kappa shape index (κ3) is 4.77. The van der Waals surface area contributed by atoms with Crippen LogP contribution >= 0.6 is 23.2 Å². The Kier molecular flexibility index (Phi) is 6.38. The van der Waals surface area contributed by atoms with Crippen LogP contribution in [0.25, 0.3) is 28.2 Å². The van der Waals surface area contributed by atoms with E-state index in [1.165, 1.54) is 6.26 Å². The summed E-state index contributed by atoms with van der Waals surface area (Å²) in [5.41, 5.74) is 3.30. The molecule has 0 fully saturated rings. The van der Waals surface area contributed by atoms with Gasteiger partial charge in [0.2, 0.25) is 0 Å². The Morgan fingerprint density at radius 1 is 0.941 bits per heavy atom. The maximum atomic E-state index is 12.0. The molecule has 3 aromatic carbocycles. The van der Waals surface area contributed by atoms with Crippen LogP contribution in [0.15, 0.2) is 71.8 Å². The van der Waals surface area contributed by atoms with Gasteiger partial charge in [0.1, 0.15) is 11.4 Å². The molecular formula is C26H24Cl2N2O3S. The second kappa shape index (κ2) is 8.86. The Balaban J connectivity index is 1.88. The Morgan fingerprint density at radius 2 is 1.56 bits per heavy atom. The van der Waals surface area contributed by atoms with Gasteiger partial charge in [-0.15, -0.1) is 0 Å². The number of halogens is 2. The van der Waals surface area contributed by atoms with Crippen molar-refractivity contribution in [2.75, 3.05) is 6.26 Å². The number of hydrogen-bond acceptors (Lipinski definition) is 4. The van der Waals surface area contributed by atoms with Gasteiger partial charge in [0.05, 0.1) is 26.3 Å². The van der Waals surface area contributed by atoms with E-state index in [-0.39, 0.29) is 4.90 Å². The fourth-order valence-corrected chi connectivity index (χ4v) is 5.00. The first-order valence-corrected chi connectivity index (χ1v) is 13.2. The van der Waals surface area contributed by atoms with Gasteiger partial charge in [-0.3, -0.25) is 4.57 Å². The molecule has 0 radical (unpaired) electrons. The molecule has 1 N–H and O–H groups in total. The smallest absolute Gasteiger partial charge is 0.175 e. The van der Waals surface area contributed by atoms with Crippen molar-refractivity contribution >= 4 is 33.0 Å². The van der Waals surface area contributed by atoms with E-state index in [0.717, 1.165) is 22.3 Å². The van der Waals surface area contributed by atoms with Crippen molar-refractivity contribution < 1.29 is 13.5 Å². The lowest BCUT2D eigenvalue weighted by molar-refractivity contribution is 0.0743. The van der Waals surface area contributed by atoms with Crippen LogP contribution in [0.3, 0.4) is 0 Å². The molecular weight excluding hydrogens is 491 g/mol. The van der Waals surface area contributed by atoms with Gasteiger partial charge in [-0.1, -0.05) is 59.6 Å². The summed E-state index contributed by atoms with van der Waals surface area (Å²) < 4.78 is 25.8. The highest BCUT2D eigenvalue weighted by atomic mass is 35.5. The lowest BCUT2D eigenvalue weighted by Crippen LogP contribution is -2.15. The van der Waals surface area contributed by atoms with E-state index >= 15 is 0 Å². The van der Waals surface area contributed by atoms with E-state index < -0.39 is 15.4 Å². The summed E-state index contributed by atoms with van der Waals surface area (Å²) in [4.78, 5) is 5.01. The summed E-state index contributed by atoms with van der Waals surface area (Å²) in [5, 5.41) is 11.5. The molecule has 0 amide bonds. The minimum atomic E-state index is -3.31. The quantitative estimate of drug-likeness (QED) is 0.332. The zero-order valence-electron chi connectivity index (χ0n) is 19.2. The van der Waals surface area contributed by atoms with Crippen LogP contribution in [0.5, 0.6) is 0 Å². The monoisotopic (exact) mass is 514 g/mol. The molecule has 1 heterocycles. The summed E-state index contributed by atoms with van der Waals surface area (Å²) in [6.45, 7) is 5.29. The summed E-state index contributed by atoms with van der Waals surface area (Å²) >= 11 is 13.0. The summed E-state index contributed by atoms with van der Waals surface area (Å²) in [7, 11) is -3.31. The molecule has 176 valence electrons. The third-order valence-corrected chi connectivity index (χ3v) is 7.29. The molecule has 0 saturated carbocycles. The first-order valence-electron chi connectivity index (χ1n) is 10.5. The van der Waals surface area contributed by atoms with Gasteiger partial charge < -0.3 is 5.11 Å². The van der Waals surface area contributed by atoms with E-state index in [1.807, 2.05) is 31.2 Å². The Hall–Kier alpha value is -2.64. The largest absolute Gasteiger partial charge is 0.384 e. The van der Waals surface area contributed by atoms with Crippen molar-refractivity contribution in [2.45, 2.75) is 31.3 Å². The molecule has 8 heteroatoms. The third-order valence-electron chi connectivity index (χ3n) is 5.57. The summed E-state index contributed by atoms with van der Waals surface area (Å²) in [6, 6.07) is 18.0. The van der Waals surface area contributed by atoms with Crippen LogP contribution in [-0.4, -0.2) is 29.3 Å². The molecule has 0 aliphatic carbocycles. The van der Waals surface area contributed by atoms with E-state index in [1.54, 1.807) is 61.0 Å². The number of benzene rings is 3. The average molecular weight is 515 g/mol. The zero-order chi connectivity index (χ0) is 24.8. The minimum Gasteiger partial charge on any atom is -0.384 e. The van der Waals surface area contributed by atoms with Gasteiger partial charge in [0.15, 0.2) is 9.84 Å². The van der Waals surface area contributed by atoms with E-state index in [2.05, 4.69) is 0 Å². The predicted molar refractivity (Wildman–Crippen MR) is 138 cm³/mol. The maximum absolute atomic E-state index is 12.0. The van der Waals surface area contributed by atoms with Crippen LogP contribution in [-0.2, 0) is 15.4 Å². The SMILES string of the molecule is Cc1cc(-c2cccc(S(C)(=O)=O)c2)ccc1-c1nc(C(C)(C)O)cn1-c1c(Cl)cccc1Cl. The van der Waals surface area contributed by atoms with Crippen LogP contribution in [0.2, 0.25) is 10.0 Å². The molecule has 0 bridgehead atoms. The van der Waals surface area contributed by atoms with Crippen molar-refractivity contribution in [2.24, 2.45) is 0 Å². The Labute approximate surface area is 209 Å². The molecule has 34 heavy (non-hydrogen) atoms. The first kappa shape index (κ1) is 24.5. The molecule has 0 aliphatic heterocycles. The number of rotatable bonds is 5. The lowest BCUT2D eigenvalue weighted by Gasteiger charge is -2.14. The number of imidazole rings is 1. The first-order chi connectivity index (χ1) is 15.9. The number of aromatic nitrogens is 2. The fraction of sp³-hybridized carbons (Fsp3) is 0.192. The van der Waals surface area contributed by atoms with Gasteiger partial charge >= 0.3 is 0 Å². The molecule has 5 nitrogen and oxygen atoms in total. The van der Waals surface area contributed by atoms with Gasteiger partial charge in [-0.05, 0) is 61.7 Å². The van der Waals surface area contributed by atoms with Crippen molar-refractivity contribution in [1.82, 2.24) is 9.55 Å². The number of aliphatic hydroxyl groups is 1. The molecule has 0 saturated heterocycles. The molecule has 1 aromatic heterocycles. The Morgan fingerprint density at radius 3 is 2.15 bits per heavy atom. The highest BCUT2D eigenvalue weighted by molar-refractivity contribution is 7.90. The predicted octanol–water partition coefficient (Wildman–Crippen LogP) is 6.45. The standard InChI is InChI=1S/C26H24Cl2N2O3S/c1-16-13-18(17-7-5-8-19(14-17)34(4,32)33)11-12-20(16)25-29-23(26(2,3)31)15-30(25)24-21(27)9-6-10-22(24)28/h5-15,31H,1-4H3. The van der Waals surface area contributed by atoms with Crippen molar-refractivity contribution in [3.63, 3.8) is 0 Å². The van der Waals surface area contributed by atoms with Crippen molar-refractivity contribution in [3.8, 4) is 28.2 Å². The van der Waals surface area contributed by atoms with E-state index in [9.17, 15) is 13.5 Å². The van der Waals surface area contributed by atoms with E-state index in [4.69, 9.17) is 28.2 Å². The molecule has 4 aromatic rings. The van der Waals surface area contributed by atoms with E-state index in [0.29, 0.717) is 27.3 Å². The normalized spacial score (nSPS) is 12.2. The highest BCUT2D eigenvalue weighted by Crippen LogP contribution is 2.36. The summed E-state index contributed by atoms with van der Waals surface area (Å²) in [5.74, 6) is 0.584. The second-order valence-electron chi connectivity index (χ2n) is 8.78. The second-order valence-corrected chi connectivity index (χ2v) is 11.6. The van der Waals surface area contributed by atoms with Gasteiger partial charge in [-0.25, -0.2) is 13.4 Å². The number of nitrogens with zero attached hydrogens (tertiary/aromatic N) is 2. The van der Waals surface area contributed by atoms with Crippen LogP contribution < -0.4 is 0 Å². The van der Waals surface area contributed by atoms with Gasteiger partial charge in [0.25, 0.3) is 0 Å². The summed E-state index contributed by atoms with van der Waals surface area (Å²) in [6.07, 6.45) is 2.94. The number of hydrogen-bond donors (Lipinski definition) is 1. The van der Waals surface area contributed by atoms with Crippen molar-refractivity contribution in [1.29, 1.82) is 0 Å². The van der Waals surface area contributed by atoms with Crippen molar-refractivity contribution in [3.05, 3.63) is 88.2 Å². The molecule has 0 unspecified atom stereocenters. The topological polar surface area (TPSA) is 72.2 Å². The number of aryl methyl sites for hydroxylation is 1. The zero-order valence-corrected chi connectivity index (χ0v) is 21.5. The highest BCUT2D eigenvalue weighted by Gasteiger charge is 2.25. The van der Waals surface area contributed by atoms with Crippen LogP contribution in [0.1, 0.15) is 25.1 Å². The van der Waals surface area contributed by atoms with Gasteiger partial charge in [0, 0.05) is 18.0 Å². The fourth-order valence-electron chi connectivity index (χ4n) is 3.76. The van der Waals surface area contributed by atoms with Gasteiger partial charge in [-0.2, -0.15) is 0 Å². The average Bonchev–Trinajstić information content (AvgIpc) is 3.18. The number of para-hydroxylation sites is 1. The maximum Gasteiger partial charge on any atom is 0.175 e. The molecule has 0 spiro atoms. The molecule has 4 rings (SSSR count). The number of sulfone groups is 1. The molecule has 0 atom stereocenters. The van der Waals surface area contributed by atoms with Crippen LogP contribution in [0, 0.1) is 6.92 Å². The Bertz CT molecular complexity index is 1480. The minimum absolute atomic E-state index is 0.269. The lowest BCUT2D eigenvalue weighted by atomic mass is 9.99. The van der Waals surface area contributed by atoms with Crippen LogP contribution in [0.4, 0.5) is 0 Å². The molecule has 0 aliphatic rings.